The Kier molecular flexibility index (Phi) is 6.87. The van der Waals surface area contributed by atoms with E-state index in [1.54, 1.807) is 0 Å². The summed E-state index contributed by atoms with van der Waals surface area (Å²) in [5, 5.41) is 2.99. The number of hydrogen-bond donors (Lipinski definition) is 2. The molecule has 122 valence electrons. The first-order chi connectivity index (χ1) is 10.7. The molecule has 3 N–H and O–H groups in total. The number of amides is 1. The first-order valence-corrected chi connectivity index (χ1v) is 8.48. The van der Waals surface area contributed by atoms with E-state index >= 15 is 0 Å². The van der Waals surface area contributed by atoms with Gasteiger partial charge in [0.25, 0.3) is 5.91 Å². The molecule has 1 aliphatic rings. The van der Waals surface area contributed by atoms with Crippen LogP contribution < -0.4 is 11.1 Å². The number of likely N-dealkylation sites (tertiary alicyclic amines) is 1. The number of benzene rings is 1. The van der Waals surface area contributed by atoms with Gasteiger partial charge in [0.1, 0.15) is 0 Å². The van der Waals surface area contributed by atoms with Crippen LogP contribution in [0.2, 0.25) is 0 Å². The second-order valence-electron chi connectivity index (χ2n) is 6.41. The summed E-state index contributed by atoms with van der Waals surface area (Å²) < 4.78 is 0. The Morgan fingerprint density at radius 1 is 1.32 bits per heavy atom. The molecule has 2 rings (SSSR count). The normalized spacial score (nSPS) is 19.1. The first kappa shape index (κ1) is 17.0. The van der Waals surface area contributed by atoms with E-state index in [0.29, 0.717) is 12.1 Å². The van der Waals surface area contributed by atoms with Gasteiger partial charge in [0.15, 0.2) is 0 Å². The van der Waals surface area contributed by atoms with E-state index in [-0.39, 0.29) is 5.91 Å². The second kappa shape index (κ2) is 8.91. The predicted octanol–water partition coefficient (Wildman–Crippen LogP) is 2.39. The molecule has 4 heteroatoms. The zero-order valence-electron chi connectivity index (χ0n) is 13.7. The lowest BCUT2D eigenvalue weighted by Crippen LogP contribution is -2.35. The Bertz CT molecular complexity index is 458. The van der Waals surface area contributed by atoms with E-state index in [1.165, 1.54) is 25.9 Å². The molecule has 1 saturated heterocycles. The van der Waals surface area contributed by atoms with Crippen molar-refractivity contribution in [3.05, 3.63) is 35.4 Å². The Morgan fingerprint density at radius 2 is 2.09 bits per heavy atom. The van der Waals surface area contributed by atoms with E-state index in [1.807, 2.05) is 24.3 Å². The molecule has 22 heavy (non-hydrogen) atoms. The zero-order chi connectivity index (χ0) is 15.8. The lowest BCUT2D eigenvalue weighted by molar-refractivity contribution is 0.0952. The maximum absolute atomic E-state index is 12.0. The van der Waals surface area contributed by atoms with E-state index in [0.717, 1.165) is 37.4 Å². The molecule has 1 aromatic rings. The highest BCUT2D eigenvalue weighted by molar-refractivity contribution is 5.94. The summed E-state index contributed by atoms with van der Waals surface area (Å²) in [4.78, 5) is 14.6. The fourth-order valence-corrected chi connectivity index (χ4v) is 3.05. The van der Waals surface area contributed by atoms with Crippen LogP contribution in [0.25, 0.3) is 0 Å². The zero-order valence-corrected chi connectivity index (χ0v) is 13.7. The van der Waals surface area contributed by atoms with Crippen LogP contribution in [0.15, 0.2) is 24.3 Å². The van der Waals surface area contributed by atoms with Gasteiger partial charge in [0, 0.05) is 25.2 Å². The van der Waals surface area contributed by atoms with Gasteiger partial charge in [0.05, 0.1) is 0 Å². The van der Waals surface area contributed by atoms with Crippen molar-refractivity contribution in [2.24, 2.45) is 11.7 Å². The number of carbonyl (C=O) groups excluding carboxylic acids is 1. The Labute approximate surface area is 134 Å². The number of nitrogens with zero attached hydrogens (tertiary/aromatic N) is 1. The Hall–Kier alpha value is -1.39. The maximum atomic E-state index is 12.0. The van der Waals surface area contributed by atoms with Crippen molar-refractivity contribution in [3.63, 3.8) is 0 Å². The van der Waals surface area contributed by atoms with Crippen LogP contribution in [0.5, 0.6) is 0 Å². The highest BCUT2D eigenvalue weighted by Gasteiger charge is 2.15. The van der Waals surface area contributed by atoms with E-state index < -0.39 is 0 Å². The number of carbonyl (C=O) groups is 1. The monoisotopic (exact) mass is 303 g/mol. The van der Waals surface area contributed by atoms with Crippen LogP contribution in [0.1, 0.15) is 48.5 Å². The number of nitrogens with two attached hydrogens (primary N) is 1. The van der Waals surface area contributed by atoms with Gasteiger partial charge >= 0.3 is 0 Å². The highest BCUT2D eigenvalue weighted by atomic mass is 16.1. The quantitative estimate of drug-likeness (QED) is 0.760. The number of hydrogen-bond acceptors (Lipinski definition) is 3. The molecule has 0 radical (unpaired) electrons. The van der Waals surface area contributed by atoms with Gasteiger partial charge in [-0.1, -0.05) is 19.1 Å². The molecular weight excluding hydrogens is 274 g/mol. The molecule has 1 atom stereocenters. The van der Waals surface area contributed by atoms with Gasteiger partial charge in [-0.15, -0.1) is 0 Å². The van der Waals surface area contributed by atoms with Crippen LogP contribution in [-0.4, -0.2) is 37.0 Å². The summed E-state index contributed by atoms with van der Waals surface area (Å²) in [6.45, 7) is 7.23. The molecule has 1 aromatic carbocycles. The van der Waals surface area contributed by atoms with Gasteiger partial charge < -0.3 is 16.0 Å². The molecule has 1 amide bonds. The first-order valence-electron chi connectivity index (χ1n) is 8.48. The van der Waals surface area contributed by atoms with Crippen molar-refractivity contribution in [1.29, 1.82) is 0 Å². The molecule has 1 aliphatic heterocycles. The van der Waals surface area contributed by atoms with Crippen molar-refractivity contribution in [1.82, 2.24) is 10.2 Å². The molecule has 0 bridgehead atoms. The van der Waals surface area contributed by atoms with Crippen molar-refractivity contribution in [2.75, 3.05) is 26.2 Å². The fraction of sp³-hybridized carbons (Fsp3) is 0.611. The molecule has 0 spiro atoms. The molecule has 0 aromatic heterocycles. The maximum Gasteiger partial charge on any atom is 0.251 e. The minimum atomic E-state index is 0.00941. The van der Waals surface area contributed by atoms with Crippen LogP contribution in [0, 0.1) is 5.92 Å². The summed E-state index contributed by atoms with van der Waals surface area (Å²) in [7, 11) is 0. The lowest BCUT2D eigenvalue weighted by Gasteiger charge is -2.30. The van der Waals surface area contributed by atoms with Gasteiger partial charge in [-0.3, -0.25) is 4.79 Å². The van der Waals surface area contributed by atoms with E-state index in [2.05, 4.69) is 17.1 Å². The average Bonchev–Trinajstić information content (AvgIpc) is 2.54. The fourth-order valence-electron chi connectivity index (χ4n) is 3.05. The molecule has 4 nitrogen and oxygen atoms in total. The minimum absolute atomic E-state index is 0.00941. The SMILES string of the molecule is CC1CCCN(CCCCNC(=O)c2ccc(CN)cc2)C1. The van der Waals surface area contributed by atoms with Crippen molar-refractivity contribution in [2.45, 2.75) is 39.2 Å². The number of piperidine rings is 1. The van der Waals surface area contributed by atoms with Crippen LogP contribution in [0.4, 0.5) is 0 Å². The third-order valence-electron chi connectivity index (χ3n) is 4.38. The number of rotatable bonds is 7. The molecule has 0 saturated carbocycles. The molecular formula is C18H29N3O. The average molecular weight is 303 g/mol. The lowest BCUT2D eigenvalue weighted by atomic mass is 10.0. The number of unbranched alkanes of at least 4 members (excludes halogenated alkanes) is 1. The Balaban J connectivity index is 1.60. The van der Waals surface area contributed by atoms with E-state index in [9.17, 15) is 4.79 Å². The summed E-state index contributed by atoms with van der Waals surface area (Å²) in [6, 6.07) is 7.50. The summed E-state index contributed by atoms with van der Waals surface area (Å²) >= 11 is 0. The topological polar surface area (TPSA) is 58.4 Å². The smallest absolute Gasteiger partial charge is 0.251 e. The standard InChI is InChI=1S/C18H29N3O/c1-15-5-4-12-21(14-15)11-3-2-10-20-18(22)17-8-6-16(13-19)7-9-17/h6-9,15H,2-5,10-14,19H2,1H3,(H,20,22). The molecule has 1 heterocycles. The molecule has 1 unspecified atom stereocenters. The summed E-state index contributed by atoms with van der Waals surface area (Å²) in [5.41, 5.74) is 7.31. The highest BCUT2D eigenvalue weighted by Crippen LogP contribution is 2.15. The summed E-state index contributed by atoms with van der Waals surface area (Å²) in [5.74, 6) is 0.847. The van der Waals surface area contributed by atoms with Crippen LogP contribution in [-0.2, 0) is 6.54 Å². The van der Waals surface area contributed by atoms with Gasteiger partial charge in [-0.25, -0.2) is 0 Å². The Morgan fingerprint density at radius 3 is 2.77 bits per heavy atom. The van der Waals surface area contributed by atoms with Gasteiger partial charge in [-0.2, -0.15) is 0 Å². The molecule has 1 fully saturated rings. The van der Waals surface area contributed by atoms with Crippen molar-refractivity contribution < 1.29 is 4.79 Å². The van der Waals surface area contributed by atoms with Crippen LogP contribution in [0.3, 0.4) is 0 Å². The van der Waals surface area contributed by atoms with Gasteiger partial charge in [0.2, 0.25) is 0 Å². The molecule has 0 aliphatic carbocycles. The third kappa shape index (κ3) is 5.43. The van der Waals surface area contributed by atoms with Crippen molar-refractivity contribution in [3.8, 4) is 0 Å². The minimum Gasteiger partial charge on any atom is -0.352 e. The predicted molar refractivity (Wildman–Crippen MR) is 90.7 cm³/mol. The number of nitrogens with one attached hydrogen (secondary N) is 1. The largest absolute Gasteiger partial charge is 0.352 e. The van der Waals surface area contributed by atoms with Gasteiger partial charge in [-0.05, 0) is 62.4 Å². The second-order valence-corrected chi connectivity index (χ2v) is 6.41. The van der Waals surface area contributed by atoms with Crippen LogP contribution >= 0.6 is 0 Å². The third-order valence-corrected chi connectivity index (χ3v) is 4.38. The van der Waals surface area contributed by atoms with E-state index in [4.69, 9.17) is 5.73 Å². The van der Waals surface area contributed by atoms with Crippen molar-refractivity contribution >= 4 is 5.91 Å². The summed E-state index contributed by atoms with van der Waals surface area (Å²) in [6.07, 6.45) is 4.89.